The summed E-state index contributed by atoms with van der Waals surface area (Å²) in [7, 11) is 0. The zero-order valence-electron chi connectivity index (χ0n) is 14.9. The van der Waals surface area contributed by atoms with Gasteiger partial charge in [-0.05, 0) is 50.5 Å². The van der Waals surface area contributed by atoms with Gasteiger partial charge >= 0.3 is 5.97 Å². The molecular weight excluding hydrogens is 314 g/mol. The molecule has 0 atom stereocenters. The lowest BCUT2D eigenvalue weighted by Gasteiger charge is -2.35. The molecule has 2 aliphatic carbocycles. The smallest absolute Gasteiger partial charge is 0.306 e. The summed E-state index contributed by atoms with van der Waals surface area (Å²) in [6, 6.07) is 10.7. The summed E-state index contributed by atoms with van der Waals surface area (Å²) < 4.78 is 0. The van der Waals surface area contributed by atoms with Crippen LogP contribution >= 0.6 is 0 Å². The second-order valence-corrected chi connectivity index (χ2v) is 7.59. The van der Waals surface area contributed by atoms with Crippen LogP contribution in [0.1, 0.15) is 56.9 Å². The summed E-state index contributed by atoms with van der Waals surface area (Å²) in [5, 5.41) is 9.16. The average Bonchev–Trinajstić information content (AvgIpc) is 3.17. The van der Waals surface area contributed by atoms with Crippen LogP contribution < -0.4 is 0 Å². The van der Waals surface area contributed by atoms with Gasteiger partial charge in [-0.2, -0.15) is 0 Å². The molecule has 3 rings (SSSR count). The monoisotopic (exact) mass is 343 g/mol. The van der Waals surface area contributed by atoms with Crippen LogP contribution in [0.25, 0.3) is 0 Å². The Balaban J connectivity index is 1.62. The molecule has 0 aliphatic heterocycles. The largest absolute Gasteiger partial charge is 0.481 e. The molecule has 0 unspecified atom stereocenters. The van der Waals surface area contributed by atoms with E-state index in [2.05, 4.69) is 17.0 Å². The van der Waals surface area contributed by atoms with Gasteiger partial charge in [0, 0.05) is 18.5 Å². The Kier molecular flexibility index (Phi) is 6.11. The number of hydrogen-bond acceptors (Lipinski definition) is 2. The van der Waals surface area contributed by atoms with Gasteiger partial charge in [0.2, 0.25) is 5.91 Å². The first kappa shape index (κ1) is 18.0. The summed E-state index contributed by atoms with van der Waals surface area (Å²) in [5.41, 5.74) is 1.27. The zero-order valence-corrected chi connectivity index (χ0v) is 14.9. The number of rotatable bonds is 6. The third kappa shape index (κ3) is 4.62. The van der Waals surface area contributed by atoms with Gasteiger partial charge in [0.25, 0.3) is 0 Å². The molecule has 4 nitrogen and oxygen atoms in total. The summed E-state index contributed by atoms with van der Waals surface area (Å²) in [5.74, 6) is -0.672. The molecule has 2 aliphatic rings. The first-order valence-electron chi connectivity index (χ1n) is 9.72. The van der Waals surface area contributed by atoms with Crippen molar-refractivity contribution in [2.24, 2.45) is 11.8 Å². The van der Waals surface area contributed by atoms with Gasteiger partial charge in [0.1, 0.15) is 0 Å². The maximum atomic E-state index is 13.2. The Hall–Kier alpha value is -1.84. The summed E-state index contributed by atoms with van der Waals surface area (Å²) in [4.78, 5) is 26.4. The van der Waals surface area contributed by atoms with E-state index in [0.717, 1.165) is 38.6 Å². The van der Waals surface area contributed by atoms with Gasteiger partial charge in [-0.3, -0.25) is 9.59 Å². The highest BCUT2D eigenvalue weighted by Crippen LogP contribution is 2.32. The predicted molar refractivity (Wildman–Crippen MR) is 97.2 cm³/mol. The van der Waals surface area contributed by atoms with Crippen molar-refractivity contribution in [2.45, 2.75) is 63.8 Å². The molecule has 2 fully saturated rings. The van der Waals surface area contributed by atoms with Gasteiger partial charge in [-0.15, -0.1) is 0 Å². The number of carbonyl (C=O) groups is 2. The standard InChI is InChI=1S/C21H29NO3/c23-20(17-10-12-18(13-11-17)21(24)25)22(19-8-4-5-9-19)15-14-16-6-2-1-3-7-16/h1-3,6-7,17-19H,4-5,8-15H2,(H,24,25). The molecule has 136 valence electrons. The predicted octanol–water partition coefficient (Wildman–Crippen LogP) is 3.89. The highest BCUT2D eigenvalue weighted by atomic mass is 16.4. The minimum atomic E-state index is -0.706. The maximum absolute atomic E-state index is 13.2. The number of carboxylic acids is 1. The van der Waals surface area contributed by atoms with Crippen LogP contribution in [-0.2, 0) is 16.0 Å². The van der Waals surface area contributed by atoms with Crippen molar-refractivity contribution in [1.82, 2.24) is 4.90 Å². The topological polar surface area (TPSA) is 57.6 Å². The van der Waals surface area contributed by atoms with Gasteiger partial charge in [0.05, 0.1) is 5.92 Å². The lowest BCUT2D eigenvalue weighted by atomic mass is 9.81. The van der Waals surface area contributed by atoms with E-state index in [4.69, 9.17) is 5.11 Å². The summed E-state index contributed by atoms with van der Waals surface area (Å²) >= 11 is 0. The molecule has 0 saturated heterocycles. The second-order valence-electron chi connectivity index (χ2n) is 7.59. The minimum Gasteiger partial charge on any atom is -0.481 e. The van der Waals surface area contributed by atoms with Gasteiger partial charge in [-0.1, -0.05) is 43.2 Å². The highest BCUT2D eigenvalue weighted by Gasteiger charge is 2.35. The van der Waals surface area contributed by atoms with Crippen LogP contribution in [0.4, 0.5) is 0 Å². The van der Waals surface area contributed by atoms with Gasteiger partial charge < -0.3 is 10.0 Å². The molecule has 0 bridgehead atoms. The van der Waals surface area contributed by atoms with Crippen LogP contribution in [0.3, 0.4) is 0 Å². The van der Waals surface area contributed by atoms with E-state index >= 15 is 0 Å². The summed E-state index contributed by atoms with van der Waals surface area (Å²) in [6.45, 7) is 0.784. The van der Waals surface area contributed by atoms with Crippen molar-refractivity contribution in [3.63, 3.8) is 0 Å². The molecule has 0 radical (unpaired) electrons. The Morgan fingerprint density at radius 1 is 0.920 bits per heavy atom. The SMILES string of the molecule is O=C(O)C1CCC(C(=O)N(CCc2ccccc2)C2CCCC2)CC1. The maximum Gasteiger partial charge on any atom is 0.306 e. The first-order chi connectivity index (χ1) is 12.1. The third-order valence-electron chi connectivity index (χ3n) is 5.96. The lowest BCUT2D eigenvalue weighted by molar-refractivity contribution is -0.146. The van der Waals surface area contributed by atoms with E-state index < -0.39 is 5.97 Å². The van der Waals surface area contributed by atoms with Crippen LogP contribution in [0.2, 0.25) is 0 Å². The Morgan fingerprint density at radius 2 is 1.52 bits per heavy atom. The number of hydrogen-bond donors (Lipinski definition) is 1. The van der Waals surface area contributed by atoms with E-state index in [1.165, 1.54) is 18.4 Å². The molecule has 25 heavy (non-hydrogen) atoms. The second kappa shape index (κ2) is 8.50. The van der Waals surface area contributed by atoms with Crippen LogP contribution in [0.15, 0.2) is 30.3 Å². The van der Waals surface area contributed by atoms with E-state index in [0.29, 0.717) is 18.9 Å². The van der Waals surface area contributed by atoms with E-state index in [9.17, 15) is 9.59 Å². The van der Waals surface area contributed by atoms with Gasteiger partial charge in [-0.25, -0.2) is 0 Å². The number of carbonyl (C=O) groups excluding carboxylic acids is 1. The van der Waals surface area contributed by atoms with E-state index in [1.807, 2.05) is 18.2 Å². The van der Waals surface area contributed by atoms with Crippen molar-refractivity contribution in [2.75, 3.05) is 6.54 Å². The molecule has 2 saturated carbocycles. The van der Waals surface area contributed by atoms with Crippen molar-refractivity contribution < 1.29 is 14.7 Å². The van der Waals surface area contributed by atoms with Gasteiger partial charge in [0.15, 0.2) is 0 Å². The normalized spacial score (nSPS) is 24.2. The van der Waals surface area contributed by atoms with Crippen molar-refractivity contribution in [3.8, 4) is 0 Å². The Morgan fingerprint density at radius 3 is 2.12 bits per heavy atom. The first-order valence-corrected chi connectivity index (χ1v) is 9.72. The minimum absolute atomic E-state index is 0.0203. The highest BCUT2D eigenvalue weighted by molar-refractivity contribution is 5.80. The fraction of sp³-hybridized carbons (Fsp3) is 0.619. The van der Waals surface area contributed by atoms with E-state index in [1.54, 1.807) is 0 Å². The number of carboxylic acid groups (broad SMARTS) is 1. The fourth-order valence-corrected chi connectivity index (χ4v) is 4.40. The van der Waals surface area contributed by atoms with E-state index in [-0.39, 0.29) is 17.7 Å². The molecule has 0 aromatic heterocycles. The van der Waals surface area contributed by atoms with Crippen molar-refractivity contribution in [1.29, 1.82) is 0 Å². The fourth-order valence-electron chi connectivity index (χ4n) is 4.40. The quantitative estimate of drug-likeness (QED) is 0.852. The molecule has 1 N–H and O–H groups in total. The third-order valence-corrected chi connectivity index (χ3v) is 5.96. The number of nitrogens with zero attached hydrogens (tertiary/aromatic N) is 1. The molecule has 1 aromatic rings. The number of benzene rings is 1. The molecular formula is C21H29NO3. The molecule has 4 heteroatoms. The molecule has 0 spiro atoms. The van der Waals surface area contributed by atoms with Crippen LogP contribution in [0.5, 0.6) is 0 Å². The summed E-state index contributed by atoms with van der Waals surface area (Å²) in [6.07, 6.45) is 8.29. The number of aliphatic carboxylic acids is 1. The van der Waals surface area contributed by atoms with Crippen LogP contribution in [0, 0.1) is 11.8 Å². The Labute approximate surface area is 150 Å². The molecule has 1 amide bonds. The number of amides is 1. The molecule has 0 heterocycles. The van der Waals surface area contributed by atoms with Crippen molar-refractivity contribution >= 4 is 11.9 Å². The average molecular weight is 343 g/mol. The lowest BCUT2D eigenvalue weighted by Crippen LogP contribution is -2.44. The van der Waals surface area contributed by atoms with Crippen molar-refractivity contribution in [3.05, 3.63) is 35.9 Å². The van der Waals surface area contributed by atoms with Crippen LogP contribution in [-0.4, -0.2) is 34.5 Å². The Bertz CT molecular complexity index is 572. The molecule has 1 aromatic carbocycles. The zero-order chi connectivity index (χ0) is 17.6.